The smallest absolute Gasteiger partial charge is 0.429 e. The number of likely N-dealkylation sites (N-methyl/N-ethyl adjacent to an activating group) is 1. The number of nitrogens with zero attached hydrogens (tertiary/aromatic N) is 3. The summed E-state index contributed by atoms with van der Waals surface area (Å²) in [7, 11) is 8.72. The van der Waals surface area contributed by atoms with Crippen LogP contribution in [0.2, 0.25) is 0 Å². The Morgan fingerprint density at radius 1 is 0.774 bits per heavy atom. The molecule has 0 N–H and O–H groups in total. The van der Waals surface area contributed by atoms with E-state index in [-0.39, 0.29) is 24.6 Å². The van der Waals surface area contributed by atoms with Crippen molar-refractivity contribution in [2.24, 2.45) is 5.92 Å². The molecule has 0 saturated heterocycles. The number of ether oxygens (including phenoxy) is 7. The van der Waals surface area contributed by atoms with E-state index in [2.05, 4.69) is 41.2 Å². The number of fused-ring (bicyclic) bond motifs is 2. The van der Waals surface area contributed by atoms with Gasteiger partial charge in [-0.1, -0.05) is 26.0 Å². The molecule has 11 heteroatoms. The Balaban J connectivity index is 1.38. The Labute approximate surface area is 310 Å². The van der Waals surface area contributed by atoms with Crippen LogP contribution in [0.3, 0.4) is 0 Å². The minimum absolute atomic E-state index is 0.105. The van der Waals surface area contributed by atoms with E-state index < -0.39 is 6.09 Å². The SMILES string of the molecule is COc1cc2c3cc1Oc1ccc(cc1)C[C@H]1c4cc(c(OC)cc4CCN1C)Oc1c(OC)c(OC)cc4c1[C@H](C3)N(CC4)N2C(=O)OCC(C)C. The van der Waals surface area contributed by atoms with Gasteiger partial charge in [0.25, 0.3) is 0 Å². The van der Waals surface area contributed by atoms with Crippen LogP contribution in [0, 0.1) is 5.92 Å². The molecule has 5 heterocycles. The molecule has 2 atom stereocenters. The first-order valence-corrected chi connectivity index (χ1v) is 18.3. The number of anilines is 1. The first-order valence-electron chi connectivity index (χ1n) is 18.3. The summed E-state index contributed by atoms with van der Waals surface area (Å²) in [6.45, 7) is 5.79. The molecule has 7 bridgehead atoms. The van der Waals surface area contributed by atoms with E-state index in [1.54, 1.807) is 33.4 Å². The highest BCUT2D eigenvalue weighted by Crippen LogP contribution is 2.54. The lowest BCUT2D eigenvalue weighted by Gasteiger charge is -2.47. The van der Waals surface area contributed by atoms with Crippen molar-refractivity contribution in [2.75, 3.05) is 60.2 Å². The summed E-state index contributed by atoms with van der Waals surface area (Å²) < 4.78 is 43.5. The molecule has 0 radical (unpaired) electrons. The Morgan fingerprint density at radius 3 is 2.19 bits per heavy atom. The fourth-order valence-corrected chi connectivity index (χ4v) is 8.22. The highest BCUT2D eigenvalue weighted by Gasteiger charge is 2.44. The minimum atomic E-state index is -0.462. The fourth-order valence-electron chi connectivity index (χ4n) is 8.22. The number of benzene rings is 4. The first kappa shape index (κ1) is 34.9. The Morgan fingerprint density at radius 2 is 1.47 bits per heavy atom. The van der Waals surface area contributed by atoms with Crippen LogP contribution in [0.15, 0.2) is 54.6 Å². The maximum atomic E-state index is 14.2. The summed E-state index contributed by atoms with van der Waals surface area (Å²) in [5, 5.41) is 3.74. The second-order valence-corrected chi connectivity index (χ2v) is 14.6. The van der Waals surface area contributed by atoms with E-state index >= 15 is 0 Å². The molecule has 0 saturated carbocycles. The third-order valence-electron chi connectivity index (χ3n) is 10.9. The first-order chi connectivity index (χ1) is 25.7. The average molecular weight is 722 g/mol. The lowest BCUT2D eigenvalue weighted by atomic mass is 9.86. The Kier molecular flexibility index (Phi) is 9.24. The van der Waals surface area contributed by atoms with Crippen molar-refractivity contribution in [1.29, 1.82) is 0 Å². The summed E-state index contributed by atoms with van der Waals surface area (Å²) in [6, 6.07) is 18.1. The van der Waals surface area contributed by atoms with Gasteiger partial charge in [0.1, 0.15) is 5.75 Å². The third-order valence-corrected chi connectivity index (χ3v) is 10.9. The summed E-state index contributed by atoms with van der Waals surface area (Å²) in [4.78, 5) is 16.6. The van der Waals surface area contributed by atoms with Crippen LogP contribution in [0.5, 0.6) is 46.0 Å². The lowest BCUT2D eigenvalue weighted by Crippen LogP contribution is -2.55. The van der Waals surface area contributed by atoms with Crippen molar-refractivity contribution < 1.29 is 38.0 Å². The average Bonchev–Trinajstić information content (AvgIpc) is 3.16. The van der Waals surface area contributed by atoms with Gasteiger partial charge in [-0.25, -0.2) is 14.8 Å². The molecular formula is C42H47N3O8. The van der Waals surface area contributed by atoms with Crippen molar-refractivity contribution >= 4 is 11.8 Å². The number of hydrazine groups is 1. The number of hydrogen-bond acceptors (Lipinski definition) is 10. The number of rotatable bonds is 6. The van der Waals surface area contributed by atoms with Gasteiger partial charge >= 0.3 is 6.09 Å². The molecule has 53 heavy (non-hydrogen) atoms. The van der Waals surface area contributed by atoms with E-state index in [4.69, 9.17) is 33.2 Å². The largest absolute Gasteiger partial charge is 0.493 e. The Bertz CT molecular complexity index is 2050. The maximum Gasteiger partial charge on any atom is 0.429 e. The van der Waals surface area contributed by atoms with Gasteiger partial charge in [-0.05, 0) is 103 Å². The zero-order chi connectivity index (χ0) is 37.0. The number of methoxy groups -OCH3 is 4. The van der Waals surface area contributed by atoms with Gasteiger partial charge in [0.15, 0.2) is 34.5 Å². The van der Waals surface area contributed by atoms with Crippen LogP contribution in [-0.4, -0.2) is 71.2 Å². The summed E-state index contributed by atoms with van der Waals surface area (Å²) in [6.07, 6.45) is 2.39. The van der Waals surface area contributed by atoms with Gasteiger partial charge < -0.3 is 33.2 Å². The van der Waals surface area contributed by atoms with Crippen molar-refractivity contribution in [3.63, 3.8) is 0 Å². The topological polar surface area (TPSA) is 91.4 Å². The second-order valence-electron chi connectivity index (χ2n) is 14.6. The molecule has 278 valence electrons. The van der Waals surface area contributed by atoms with E-state index in [1.165, 1.54) is 16.7 Å². The molecule has 5 aliphatic rings. The van der Waals surface area contributed by atoms with Crippen LogP contribution in [0.4, 0.5) is 10.5 Å². The fraction of sp³-hybridized carbons (Fsp3) is 0.405. The van der Waals surface area contributed by atoms with E-state index in [0.29, 0.717) is 71.1 Å². The van der Waals surface area contributed by atoms with E-state index in [1.807, 2.05) is 44.2 Å². The maximum absolute atomic E-state index is 14.2. The molecule has 11 nitrogen and oxygen atoms in total. The molecule has 0 aliphatic carbocycles. The van der Waals surface area contributed by atoms with Crippen LogP contribution >= 0.6 is 0 Å². The zero-order valence-corrected chi connectivity index (χ0v) is 31.5. The quantitative estimate of drug-likeness (QED) is 0.195. The zero-order valence-electron chi connectivity index (χ0n) is 31.5. The summed E-state index contributed by atoms with van der Waals surface area (Å²) in [5.41, 5.74) is 7.14. The minimum Gasteiger partial charge on any atom is -0.493 e. The molecule has 9 rings (SSSR count). The molecule has 0 fully saturated rings. The molecule has 0 unspecified atom stereocenters. The molecule has 0 aromatic heterocycles. The van der Waals surface area contributed by atoms with Crippen molar-refractivity contribution in [2.45, 2.75) is 51.6 Å². The summed E-state index contributed by atoms with van der Waals surface area (Å²) >= 11 is 0. The molecule has 4 aromatic rings. The number of carbonyl (C=O) groups excluding carboxylic acids is 1. The second kappa shape index (κ2) is 14.0. The highest BCUT2D eigenvalue weighted by molar-refractivity contribution is 5.89. The predicted octanol–water partition coefficient (Wildman–Crippen LogP) is 8.06. The van der Waals surface area contributed by atoms with Gasteiger partial charge in [0.2, 0.25) is 5.75 Å². The third kappa shape index (κ3) is 6.15. The monoisotopic (exact) mass is 721 g/mol. The van der Waals surface area contributed by atoms with Crippen molar-refractivity contribution in [1.82, 2.24) is 9.91 Å². The van der Waals surface area contributed by atoms with Crippen LogP contribution in [0.1, 0.15) is 59.3 Å². The number of amides is 1. The van der Waals surface area contributed by atoms with E-state index in [0.717, 1.165) is 36.1 Å². The van der Waals surface area contributed by atoms with Gasteiger partial charge in [-0.3, -0.25) is 4.90 Å². The van der Waals surface area contributed by atoms with Crippen molar-refractivity contribution in [3.8, 4) is 46.0 Å². The van der Waals surface area contributed by atoms with Crippen LogP contribution in [0.25, 0.3) is 0 Å². The molecule has 0 spiro atoms. The van der Waals surface area contributed by atoms with E-state index in [9.17, 15) is 4.79 Å². The van der Waals surface area contributed by atoms with Gasteiger partial charge in [0, 0.05) is 30.8 Å². The van der Waals surface area contributed by atoms with Gasteiger partial charge in [-0.2, -0.15) is 0 Å². The van der Waals surface area contributed by atoms with Gasteiger partial charge in [-0.15, -0.1) is 0 Å². The summed E-state index contributed by atoms with van der Waals surface area (Å²) in [5.74, 6) is 4.70. The molecule has 5 aliphatic heterocycles. The van der Waals surface area contributed by atoms with Crippen LogP contribution in [-0.2, 0) is 30.4 Å². The number of carbonyl (C=O) groups is 1. The number of hydrogen-bond donors (Lipinski definition) is 0. The standard InChI is InChI=1S/C42H47N3O8/c1-24(2)23-51-42(46)45-31-22-35(48-5)36-20-28(31)17-33-39-27(13-15-44(33)45)19-38(49-6)40(50-7)41(39)53-37-21-30-26(18-34(37)47-4)12-14-43(3)32(30)16-25-8-10-29(52-36)11-9-25/h8-11,18-22,24,32-33H,12-17,23H2,1-7H3/t32-,33-/m0/s1. The predicted molar refractivity (Wildman–Crippen MR) is 200 cm³/mol. The normalized spacial score (nSPS) is 18.8. The Hall–Kier alpha value is -5.13. The molecule has 4 aromatic carbocycles. The highest BCUT2D eigenvalue weighted by atomic mass is 16.6. The lowest BCUT2D eigenvalue weighted by molar-refractivity contribution is 0.0946. The van der Waals surface area contributed by atoms with Gasteiger partial charge in [0.05, 0.1) is 46.8 Å². The molecular weight excluding hydrogens is 674 g/mol. The van der Waals surface area contributed by atoms with Crippen molar-refractivity contribution in [3.05, 3.63) is 88.0 Å². The molecule has 1 amide bonds. The van der Waals surface area contributed by atoms with Crippen LogP contribution < -0.4 is 33.4 Å².